The number of nitrogens with one attached hydrogen (secondary N) is 1. The van der Waals surface area contributed by atoms with Crippen LogP contribution in [-0.4, -0.2) is 36.6 Å². The normalized spacial score (nSPS) is 18.9. The van der Waals surface area contributed by atoms with E-state index in [0.29, 0.717) is 0 Å². The van der Waals surface area contributed by atoms with Gasteiger partial charge in [-0.1, -0.05) is 28.1 Å². The fourth-order valence-electron chi connectivity index (χ4n) is 2.69. The summed E-state index contributed by atoms with van der Waals surface area (Å²) in [4.78, 5) is 12.1. The van der Waals surface area contributed by atoms with Crippen LogP contribution < -0.4 is 5.32 Å². The molecule has 0 saturated carbocycles. The van der Waals surface area contributed by atoms with Gasteiger partial charge in [0, 0.05) is 11.0 Å². The Morgan fingerprint density at radius 1 is 1.21 bits per heavy atom. The molecule has 1 aliphatic heterocycles. The Morgan fingerprint density at radius 2 is 1.79 bits per heavy atom. The molecule has 0 unspecified atom stereocenters. The summed E-state index contributed by atoms with van der Waals surface area (Å²) >= 11 is 3.49. The summed E-state index contributed by atoms with van der Waals surface area (Å²) in [5.74, 6) is 0. The molecule has 2 rings (SSSR count). The molecule has 1 N–H and O–H groups in total. The van der Waals surface area contributed by atoms with Crippen molar-refractivity contribution in [2.75, 3.05) is 6.54 Å². The molecule has 0 aliphatic carbocycles. The summed E-state index contributed by atoms with van der Waals surface area (Å²) in [6.45, 7) is 15.9. The van der Waals surface area contributed by atoms with Crippen molar-refractivity contribution in [3.8, 4) is 0 Å². The maximum absolute atomic E-state index is 12.1. The van der Waals surface area contributed by atoms with Gasteiger partial charge in [0.05, 0.1) is 11.2 Å². The Labute approximate surface area is 177 Å². The predicted molar refractivity (Wildman–Crippen MR) is 117 cm³/mol. The van der Waals surface area contributed by atoms with Crippen molar-refractivity contribution in [2.45, 2.75) is 72.2 Å². The molecule has 1 aliphatic rings. The van der Waals surface area contributed by atoms with Gasteiger partial charge in [0.25, 0.3) is 0 Å². The first-order valence-electron chi connectivity index (χ1n) is 9.49. The fraction of sp³-hybridized carbons (Fsp3) is 0.571. The molecule has 7 heteroatoms. The van der Waals surface area contributed by atoms with Gasteiger partial charge in [-0.2, -0.15) is 0 Å². The Balaban J connectivity index is 2.28. The molecule has 1 saturated heterocycles. The maximum Gasteiger partial charge on any atom is 0.492 e. The number of hydrogen-bond acceptors (Lipinski definition) is 4. The van der Waals surface area contributed by atoms with Crippen LogP contribution in [0.15, 0.2) is 28.1 Å². The van der Waals surface area contributed by atoms with E-state index >= 15 is 0 Å². The van der Waals surface area contributed by atoms with E-state index < -0.39 is 30.0 Å². The van der Waals surface area contributed by atoms with Gasteiger partial charge in [-0.25, -0.2) is 4.79 Å². The lowest BCUT2D eigenvalue weighted by molar-refractivity contribution is 0.00578. The number of aryl methyl sites for hydroxylation is 1. The second kappa shape index (κ2) is 8.21. The molecule has 1 aromatic rings. The van der Waals surface area contributed by atoms with Crippen molar-refractivity contribution in [2.24, 2.45) is 0 Å². The minimum Gasteiger partial charge on any atom is -0.444 e. The molecule has 1 fully saturated rings. The third-order valence-electron chi connectivity index (χ3n) is 4.96. The second-order valence-corrected chi connectivity index (χ2v) is 10.1. The van der Waals surface area contributed by atoms with Gasteiger partial charge in [0.15, 0.2) is 0 Å². The van der Waals surface area contributed by atoms with Crippen LogP contribution in [-0.2, 0) is 14.0 Å². The number of ether oxygens (including phenoxy) is 1. The van der Waals surface area contributed by atoms with Crippen LogP contribution in [0.25, 0.3) is 6.08 Å². The summed E-state index contributed by atoms with van der Waals surface area (Å²) in [6, 6.07) is 6.06. The van der Waals surface area contributed by atoms with Crippen molar-refractivity contribution in [3.05, 3.63) is 39.3 Å². The molecule has 1 amide bonds. The number of carbonyl (C=O) groups excluding carboxylic acids is 1. The molecular formula is C21H31BBrNO4. The molecule has 0 bridgehead atoms. The average molecular weight is 452 g/mol. The molecule has 154 valence electrons. The third kappa shape index (κ3) is 5.85. The van der Waals surface area contributed by atoms with Gasteiger partial charge in [0.2, 0.25) is 0 Å². The quantitative estimate of drug-likeness (QED) is 0.631. The summed E-state index contributed by atoms with van der Waals surface area (Å²) in [6.07, 6.45) is 1.55. The summed E-state index contributed by atoms with van der Waals surface area (Å²) < 4.78 is 18.8. The highest BCUT2D eigenvalue weighted by Gasteiger charge is 2.52. The van der Waals surface area contributed by atoms with Gasteiger partial charge >= 0.3 is 13.2 Å². The Kier molecular flexibility index (Phi) is 6.74. The number of halogens is 1. The van der Waals surface area contributed by atoms with Crippen molar-refractivity contribution in [1.29, 1.82) is 0 Å². The first-order valence-corrected chi connectivity index (χ1v) is 10.3. The SMILES string of the molecule is Cc1cc(Br)ccc1C=C(CNC(=O)OC(C)(C)C)B1OC(C)(C)C(C)(C)O1. The number of rotatable bonds is 4. The Bertz CT molecular complexity index is 752. The Morgan fingerprint density at radius 3 is 2.29 bits per heavy atom. The molecule has 1 aromatic carbocycles. The lowest BCUT2D eigenvalue weighted by Gasteiger charge is -2.32. The molecule has 0 radical (unpaired) electrons. The van der Waals surface area contributed by atoms with Crippen LogP contribution in [0.3, 0.4) is 0 Å². The number of hydrogen-bond donors (Lipinski definition) is 1. The molecule has 1 heterocycles. The van der Waals surface area contributed by atoms with Crippen molar-refractivity contribution < 1.29 is 18.8 Å². The van der Waals surface area contributed by atoms with Crippen LogP contribution in [0.5, 0.6) is 0 Å². The highest BCUT2D eigenvalue weighted by atomic mass is 79.9. The number of amides is 1. The molecule has 5 nitrogen and oxygen atoms in total. The number of alkyl carbamates (subject to hydrolysis) is 1. The van der Waals surface area contributed by atoms with Gasteiger partial charge in [-0.05, 0) is 84.1 Å². The maximum atomic E-state index is 12.1. The molecular weight excluding hydrogens is 421 g/mol. The van der Waals surface area contributed by atoms with Crippen LogP contribution in [0.2, 0.25) is 0 Å². The lowest BCUT2D eigenvalue weighted by Crippen LogP contribution is -2.41. The standard InChI is InChI=1S/C21H31BBrNO4/c1-14-11-17(23)10-9-15(14)12-16(13-24-18(25)26-19(2,3)4)22-27-20(5,6)21(7,8)28-22/h9-12H,13H2,1-8H3,(H,24,25). The zero-order valence-electron chi connectivity index (χ0n) is 18.1. The highest BCUT2D eigenvalue weighted by Crippen LogP contribution is 2.39. The van der Waals surface area contributed by atoms with Crippen LogP contribution in [0, 0.1) is 6.92 Å². The first kappa shape index (κ1) is 23.0. The van der Waals surface area contributed by atoms with E-state index in [0.717, 1.165) is 21.1 Å². The van der Waals surface area contributed by atoms with Crippen LogP contribution >= 0.6 is 15.9 Å². The zero-order valence-corrected chi connectivity index (χ0v) is 19.7. The van der Waals surface area contributed by atoms with Crippen molar-refractivity contribution in [3.63, 3.8) is 0 Å². The van der Waals surface area contributed by atoms with Crippen molar-refractivity contribution in [1.82, 2.24) is 5.32 Å². The summed E-state index contributed by atoms with van der Waals surface area (Å²) in [7, 11) is -0.553. The third-order valence-corrected chi connectivity index (χ3v) is 5.46. The summed E-state index contributed by atoms with van der Waals surface area (Å²) in [5.41, 5.74) is 1.50. The highest BCUT2D eigenvalue weighted by molar-refractivity contribution is 9.10. The zero-order chi connectivity index (χ0) is 21.3. The molecule has 0 atom stereocenters. The number of carbonyl (C=O) groups is 1. The van der Waals surface area contributed by atoms with Gasteiger partial charge in [-0.15, -0.1) is 0 Å². The van der Waals surface area contributed by atoms with Gasteiger partial charge in [0.1, 0.15) is 5.60 Å². The van der Waals surface area contributed by atoms with E-state index in [4.69, 9.17) is 14.0 Å². The predicted octanol–water partition coefficient (Wildman–Crippen LogP) is 5.30. The van der Waals surface area contributed by atoms with E-state index in [2.05, 4.69) is 27.3 Å². The minimum atomic E-state index is -0.555. The van der Waals surface area contributed by atoms with E-state index in [1.807, 2.05) is 73.6 Å². The first-order chi connectivity index (χ1) is 12.7. The van der Waals surface area contributed by atoms with Crippen LogP contribution in [0.4, 0.5) is 4.79 Å². The largest absolute Gasteiger partial charge is 0.492 e. The Hall–Kier alpha value is -1.31. The fourth-order valence-corrected chi connectivity index (χ4v) is 3.16. The lowest BCUT2D eigenvalue weighted by atomic mass is 9.76. The van der Waals surface area contributed by atoms with E-state index in [1.54, 1.807) is 0 Å². The molecule has 0 spiro atoms. The van der Waals surface area contributed by atoms with E-state index in [1.165, 1.54) is 0 Å². The minimum absolute atomic E-state index is 0.265. The average Bonchev–Trinajstić information content (AvgIpc) is 2.71. The van der Waals surface area contributed by atoms with E-state index in [9.17, 15) is 4.79 Å². The van der Waals surface area contributed by atoms with Gasteiger partial charge < -0.3 is 19.4 Å². The van der Waals surface area contributed by atoms with Crippen LogP contribution in [0.1, 0.15) is 59.6 Å². The summed E-state index contributed by atoms with van der Waals surface area (Å²) in [5, 5.41) is 2.82. The monoisotopic (exact) mass is 451 g/mol. The molecule has 28 heavy (non-hydrogen) atoms. The van der Waals surface area contributed by atoms with Crippen molar-refractivity contribution >= 4 is 35.2 Å². The molecule has 0 aromatic heterocycles. The topological polar surface area (TPSA) is 56.8 Å². The van der Waals surface area contributed by atoms with E-state index in [-0.39, 0.29) is 6.54 Å². The number of benzene rings is 1. The van der Waals surface area contributed by atoms with Gasteiger partial charge in [-0.3, -0.25) is 0 Å². The second-order valence-electron chi connectivity index (χ2n) is 9.16. The smallest absolute Gasteiger partial charge is 0.444 e.